The summed E-state index contributed by atoms with van der Waals surface area (Å²) in [6, 6.07) is 11.9. The number of anilines is 1. The van der Waals surface area contributed by atoms with Crippen molar-refractivity contribution < 1.29 is 24.2 Å². The number of nitrogens with zero attached hydrogens (tertiary/aromatic N) is 1. The molecule has 0 radical (unpaired) electrons. The molecule has 2 aliphatic heterocycles. The summed E-state index contributed by atoms with van der Waals surface area (Å²) in [6.07, 6.45) is 0. The van der Waals surface area contributed by atoms with Gasteiger partial charge in [-0.3, -0.25) is 14.5 Å². The molecule has 2 unspecified atom stereocenters. The summed E-state index contributed by atoms with van der Waals surface area (Å²) in [4.78, 5) is 39.9. The van der Waals surface area contributed by atoms with E-state index >= 15 is 0 Å². The molecular weight excluding hydrogens is 334 g/mol. The quantitative estimate of drug-likeness (QED) is 0.860. The largest absolute Gasteiger partial charge is 0.481 e. The van der Waals surface area contributed by atoms with Gasteiger partial charge in [0.15, 0.2) is 5.54 Å². The molecule has 2 aromatic rings. The molecule has 1 N–H and O–H groups in total. The molecule has 2 atom stereocenters. The summed E-state index contributed by atoms with van der Waals surface area (Å²) in [5.41, 5.74) is 0.746. The first-order chi connectivity index (χ1) is 12.4. The molecule has 26 heavy (non-hydrogen) atoms. The van der Waals surface area contributed by atoms with E-state index in [2.05, 4.69) is 0 Å². The Labute approximate surface area is 150 Å². The van der Waals surface area contributed by atoms with Gasteiger partial charge in [0, 0.05) is 16.8 Å². The molecule has 1 amide bonds. The summed E-state index contributed by atoms with van der Waals surface area (Å²) in [5.74, 6) is -3.51. The lowest BCUT2D eigenvalue weighted by Crippen LogP contribution is -2.52. The molecule has 0 aromatic heterocycles. The summed E-state index contributed by atoms with van der Waals surface area (Å²) in [5, 5.41) is 10.0. The Balaban J connectivity index is 2.10. The van der Waals surface area contributed by atoms with Crippen molar-refractivity contribution in [3.05, 3.63) is 64.7 Å². The summed E-state index contributed by atoms with van der Waals surface area (Å²) >= 11 is 0. The number of hydrogen-bond acceptors (Lipinski definition) is 4. The van der Waals surface area contributed by atoms with Crippen LogP contribution in [0.2, 0.25) is 0 Å². The van der Waals surface area contributed by atoms with E-state index in [1.54, 1.807) is 49.4 Å². The van der Waals surface area contributed by atoms with Crippen LogP contribution in [0.15, 0.2) is 42.5 Å². The van der Waals surface area contributed by atoms with Crippen LogP contribution in [0.4, 0.5) is 5.69 Å². The van der Waals surface area contributed by atoms with Crippen molar-refractivity contribution in [1.82, 2.24) is 0 Å². The summed E-state index contributed by atoms with van der Waals surface area (Å²) in [6.45, 7) is 3.59. The molecule has 0 bridgehead atoms. The van der Waals surface area contributed by atoms with Gasteiger partial charge in [-0.25, -0.2) is 4.79 Å². The molecule has 2 aromatic carbocycles. The van der Waals surface area contributed by atoms with E-state index in [0.29, 0.717) is 22.4 Å². The highest BCUT2D eigenvalue weighted by Gasteiger charge is 2.68. The average molecular weight is 351 g/mol. The maximum absolute atomic E-state index is 13.1. The minimum atomic E-state index is -1.72. The molecule has 2 heterocycles. The maximum atomic E-state index is 13.1. The second-order valence-electron chi connectivity index (χ2n) is 6.51. The van der Waals surface area contributed by atoms with E-state index in [1.807, 2.05) is 6.92 Å². The van der Waals surface area contributed by atoms with Gasteiger partial charge >= 0.3 is 11.9 Å². The Kier molecular flexibility index (Phi) is 3.41. The molecule has 0 spiro atoms. The van der Waals surface area contributed by atoms with Gasteiger partial charge in [-0.2, -0.15) is 0 Å². The van der Waals surface area contributed by atoms with Crippen molar-refractivity contribution >= 4 is 23.5 Å². The second kappa shape index (κ2) is 5.42. The third-order valence-corrected chi connectivity index (χ3v) is 5.11. The van der Waals surface area contributed by atoms with Crippen LogP contribution in [0, 0.1) is 6.92 Å². The van der Waals surface area contributed by atoms with Crippen LogP contribution in [-0.2, 0) is 19.9 Å². The summed E-state index contributed by atoms with van der Waals surface area (Å²) in [7, 11) is 0. The molecular formula is C20H17NO5. The number of benzene rings is 2. The number of rotatable bonds is 3. The lowest BCUT2D eigenvalue weighted by Gasteiger charge is -2.33. The first kappa shape index (κ1) is 16.3. The number of aryl methyl sites for hydroxylation is 1. The highest BCUT2D eigenvalue weighted by molar-refractivity contribution is 6.21. The van der Waals surface area contributed by atoms with Crippen LogP contribution in [0.3, 0.4) is 0 Å². The van der Waals surface area contributed by atoms with Crippen LogP contribution < -0.4 is 4.90 Å². The first-order valence-corrected chi connectivity index (χ1v) is 8.39. The number of carboxylic acid groups (broad SMARTS) is 1. The third-order valence-electron chi connectivity index (χ3n) is 5.11. The monoisotopic (exact) mass is 351 g/mol. The number of hydrogen-bond donors (Lipinski definition) is 1. The Bertz CT molecular complexity index is 966. The van der Waals surface area contributed by atoms with Gasteiger partial charge in [0.2, 0.25) is 0 Å². The molecule has 0 saturated carbocycles. The van der Waals surface area contributed by atoms with Crippen molar-refractivity contribution in [3.63, 3.8) is 0 Å². The molecule has 0 aliphatic carbocycles. The van der Waals surface area contributed by atoms with E-state index in [4.69, 9.17) is 4.74 Å². The van der Waals surface area contributed by atoms with Crippen molar-refractivity contribution in [1.29, 1.82) is 0 Å². The van der Waals surface area contributed by atoms with Gasteiger partial charge < -0.3 is 9.84 Å². The van der Waals surface area contributed by atoms with Gasteiger partial charge in [-0.15, -0.1) is 0 Å². The first-order valence-electron chi connectivity index (χ1n) is 8.39. The molecule has 0 fully saturated rings. The Morgan fingerprint density at radius 3 is 2.65 bits per heavy atom. The molecule has 0 saturated heterocycles. The number of carbonyl (C=O) groups is 3. The number of aliphatic carboxylic acids is 1. The van der Waals surface area contributed by atoms with Crippen molar-refractivity contribution in [2.24, 2.45) is 0 Å². The zero-order valence-electron chi connectivity index (χ0n) is 14.4. The summed E-state index contributed by atoms with van der Waals surface area (Å²) < 4.78 is 5.28. The average Bonchev–Trinajstić information content (AvgIpc) is 3.05. The Hall–Kier alpha value is -3.15. The van der Waals surface area contributed by atoms with Crippen LogP contribution in [0.5, 0.6) is 0 Å². The van der Waals surface area contributed by atoms with Crippen molar-refractivity contribution in [2.75, 3.05) is 11.5 Å². The SMILES string of the molecule is CCOC(=O)C12c3ccccc3C(=O)N1c1ccc(C)cc1C2C(=O)O. The van der Waals surface area contributed by atoms with Crippen LogP contribution in [0.25, 0.3) is 0 Å². The predicted octanol–water partition coefficient (Wildman–Crippen LogP) is 2.60. The number of carboxylic acids is 1. The molecule has 4 rings (SSSR count). The number of amides is 1. The second-order valence-corrected chi connectivity index (χ2v) is 6.51. The lowest BCUT2D eigenvalue weighted by molar-refractivity contribution is -0.155. The number of esters is 1. The number of carbonyl (C=O) groups excluding carboxylic acids is 2. The van der Waals surface area contributed by atoms with Crippen LogP contribution in [-0.4, -0.2) is 29.6 Å². The predicted molar refractivity (Wildman–Crippen MR) is 93.1 cm³/mol. The fourth-order valence-corrected chi connectivity index (χ4v) is 4.19. The smallest absolute Gasteiger partial charge is 0.338 e. The third kappa shape index (κ3) is 1.78. The molecule has 6 nitrogen and oxygen atoms in total. The van der Waals surface area contributed by atoms with Gasteiger partial charge in [0.25, 0.3) is 5.91 Å². The van der Waals surface area contributed by atoms with Crippen LogP contribution >= 0.6 is 0 Å². The lowest BCUT2D eigenvalue weighted by atomic mass is 9.77. The van der Waals surface area contributed by atoms with Crippen molar-refractivity contribution in [3.8, 4) is 0 Å². The van der Waals surface area contributed by atoms with Crippen molar-refractivity contribution in [2.45, 2.75) is 25.3 Å². The van der Waals surface area contributed by atoms with Crippen LogP contribution in [0.1, 0.15) is 39.9 Å². The fraction of sp³-hybridized carbons (Fsp3) is 0.250. The molecule has 132 valence electrons. The highest BCUT2D eigenvalue weighted by Crippen LogP contribution is 2.58. The number of ether oxygens (including phenoxy) is 1. The van der Waals surface area contributed by atoms with E-state index in [9.17, 15) is 19.5 Å². The van der Waals surface area contributed by atoms with Gasteiger partial charge in [-0.05, 0) is 31.5 Å². The van der Waals surface area contributed by atoms with E-state index in [0.717, 1.165) is 5.56 Å². The topological polar surface area (TPSA) is 83.9 Å². The maximum Gasteiger partial charge on any atom is 0.338 e. The number of fused-ring (bicyclic) bond motifs is 5. The standard InChI is InChI=1S/C20H17NO5/c1-3-26-19(25)20-14-7-5-4-6-12(14)17(22)21(20)15-9-8-11(2)10-13(15)16(20)18(23)24/h4-10,16H,3H2,1-2H3,(H,23,24). The normalized spacial score (nSPS) is 22.6. The van der Waals surface area contributed by atoms with Gasteiger partial charge in [0.05, 0.1) is 6.61 Å². The zero-order chi connectivity index (χ0) is 18.6. The Morgan fingerprint density at radius 1 is 1.23 bits per heavy atom. The minimum absolute atomic E-state index is 0.0898. The van der Waals surface area contributed by atoms with Gasteiger partial charge in [0.1, 0.15) is 5.92 Å². The zero-order valence-corrected chi connectivity index (χ0v) is 14.4. The Morgan fingerprint density at radius 2 is 1.96 bits per heavy atom. The van der Waals surface area contributed by atoms with E-state index in [1.165, 1.54) is 4.90 Å². The molecule has 2 aliphatic rings. The molecule has 6 heteroatoms. The van der Waals surface area contributed by atoms with E-state index in [-0.39, 0.29) is 12.5 Å². The van der Waals surface area contributed by atoms with E-state index < -0.39 is 23.4 Å². The van der Waals surface area contributed by atoms with Gasteiger partial charge in [-0.1, -0.05) is 35.9 Å². The fourth-order valence-electron chi connectivity index (χ4n) is 4.19. The minimum Gasteiger partial charge on any atom is -0.481 e. The highest BCUT2D eigenvalue weighted by atomic mass is 16.5.